The van der Waals surface area contributed by atoms with Crippen molar-refractivity contribution < 1.29 is 14.3 Å². The molecule has 0 unspecified atom stereocenters. The second kappa shape index (κ2) is 7.21. The van der Waals surface area contributed by atoms with E-state index in [1.165, 1.54) is 7.11 Å². The van der Waals surface area contributed by atoms with Crippen LogP contribution in [0.2, 0.25) is 0 Å². The summed E-state index contributed by atoms with van der Waals surface area (Å²) in [5, 5.41) is 2.86. The molecule has 0 radical (unpaired) electrons. The number of benzene rings is 1. The maximum absolute atomic E-state index is 12.7. The number of ether oxygens (including phenoxy) is 1. The van der Waals surface area contributed by atoms with Gasteiger partial charge in [0.1, 0.15) is 5.69 Å². The summed E-state index contributed by atoms with van der Waals surface area (Å²) in [6.45, 7) is 0.456. The second-order valence-corrected chi connectivity index (χ2v) is 5.91. The molecule has 7 heteroatoms. The molecule has 0 atom stereocenters. The van der Waals surface area contributed by atoms with Crippen LogP contribution in [0.4, 0.5) is 10.5 Å². The Morgan fingerprint density at radius 1 is 1.28 bits per heavy atom. The molecule has 0 bridgehead atoms. The minimum atomic E-state index is -0.466. The van der Waals surface area contributed by atoms with E-state index in [0.717, 1.165) is 18.4 Å². The third kappa shape index (κ3) is 4.06. The molecule has 1 aliphatic carbocycles. The maximum atomic E-state index is 12.7. The van der Waals surface area contributed by atoms with Gasteiger partial charge in [0.15, 0.2) is 0 Å². The van der Waals surface area contributed by atoms with Crippen molar-refractivity contribution in [3.63, 3.8) is 0 Å². The highest BCUT2D eigenvalue weighted by Crippen LogP contribution is 2.30. The van der Waals surface area contributed by atoms with Crippen LogP contribution in [0.15, 0.2) is 42.6 Å². The molecule has 1 aromatic heterocycles. The van der Waals surface area contributed by atoms with E-state index in [1.807, 2.05) is 12.1 Å². The van der Waals surface area contributed by atoms with E-state index in [1.54, 1.807) is 35.4 Å². The number of amides is 3. The summed E-state index contributed by atoms with van der Waals surface area (Å²) < 4.78 is 5.17. The first-order valence-electron chi connectivity index (χ1n) is 8.04. The first-order chi connectivity index (χ1) is 12.1. The third-order valence-corrected chi connectivity index (χ3v) is 4.05. The Morgan fingerprint density at radius 3 is 2.60 bits per heavy atom. The Balaban J connectivity index is 1.72. The third-order valence-electron chi connectivity index (χ3n) is 4.05. The molecule has 3 amide bonds. The second-order valence-electron chi connectivity index (χ2n) is 5.91. The lowest BCUT2D eigenvalue weighted by molar-refractivity contribution is 0.1000. The minimum Gasteiger partial charge on any atom is -0.480 e. The fourth-order valence-corrected chi connectivity index (χ4v) is 2.56. The topological polar surface area (TPSA) is 97.6 Å². The van der Waals surface area contributed by atoms with Gasteiger partial charge in [0, 0.05) is 24.3 Å². The number of nitrogens with zero attached hydrogens (tertiary/aromatic N) is 2. The molecule has 25 heavy (non-hydrogen) atoms. The van der Waals surface area contributed by atoms with Crippen LogP contribution in [0.3, 0.4) is 0 Å². The van der Waals surface area contributed by atoms with Gasteiger partial charge >= 0.3 is 6.03 Å². The number of nitrogens with two attached hydrogens (primary N) is 1. The standard InChI is InChI=1S/C18H20N4O3/c1-25-17-15(3-2-10-20-17)21-18(24)22(14-8-9-14)11-12-4-6-13(7-5-12)16(19)23/h2-7,10,14H,8-9,11H2,1H3,(H2,19,23)(H,21,24). The van der Waals surface area contributed by atoms with E-state index in [4.69, 9.17) is 10.5 Å². The lowest BCUT2D eigenvalue weighted by Gasteiger charge is -2.23. The number of urea groups is 1. The highest BCUT2D eigenvalue weighted by molar-refractivity contribution is 5.93. The SMILES string of the molecule is COc1ncccc1NC(=O)N(Cc1ccc(C(N)=O)cc1)C1CC1. The summed E-state index contributed by atoms with van der Waals surface area (Å²) in [4.78, 5) is 29.7. The zero-order chi connectivity index (χ0) is 17.8. The molecule has 1 heterocycles. The Labute approximate surface area is 145 Å². The van der Waals surface area contributed by atoms with E-state index in [2.05, 4.69) is 10.3 Å². The van der Waals surface area contributed by atoms with Gasteiger partial charge in [0.05, 0.1) is 7.11 Å². The van der Waals surface area contributed by atoms with Gasteiger partial charge in [-0.25, -0.2) is 9.78 Å². The number of rotatable bonds is 6. The van der Waals surface area contributed by atoms with Crippen LogP contribution >= 0.6 is 0 Å². The van der Waals surface area contributed by atoms with Gasteiger partial charge in [-0.2, -0.15) is 0 Å². The lowest BCUT2D eigenvalue weighted by Crippen LogP contribution is -2.36. The monoisotopic (exact) mass is 340 g/mol. The van der Waals surface area contributed by atoms with Gasteiger partial charge in [0.25, 0.3) is 0 Å². The van der Waals surface area contributed by atoms with E-state index in [9.17, 15) is 9.59 Å². The average Bonchev–Trinajstić information content (AvgIpc) is 3.45. The summed E-state index contributed by atoms with van der Waals surface area (Å²) in [5.74, 6) is -0.0931. The molecule has 2 aromatic rings. The number of hydrogen-bond donors (Lipinski definition) is 2. The molecule has 1 aromatic carbocycles. The van der Waals surface area contributed by atoms with Gasteiger partial charge in [-0.1, -0.05) is 12.1 Å². The van der Waals surface area contributed by atoms with Crippen molar-refractivity contribution >= 4 is 17.6 Å². The number of anilines is 1. The largest absolute Gasteiger partial charge is 0.480 e. The van der Waals surface area contributed by atoms with E-state index in [0.29, 0.717) is 23.7 Å². The maximum Gasteiger partial charge on any atom is 0.322 e. The zero-order valence-electron chi connectivity index (χ0n) is 13.9. The predicted molar refractivity (Wildman–Crippen MR) is 93.3 cm³/mol. The molecule has 3 N–H and O–H groups in total. The minimum absolute atomic E-state index is 0.201. The van der Waals surface area contributed by atoms with Gasteiger partial charge < -0.3 is 20.7 Å². The van der Waals surface area contributed by atoms with Crippen LogP contribution in [-0.2, 0) is 6.54 Å². The Morgan fingerprint density at radius 2 is 2.00 bits per heavy atom. The smallest absolute Gasteiger partial charge is 0.322 e. The number of carbonyl (C=O) groups is 2. The normalized spacial score (nSPS) is 13.2. The highest BCUT2D eigenvalue weighted by atomic mass is 16.5. The first kappa shape index (κ1) is 16.8. The number of carbonyl (C=O) groups excluding carboxylic acids is 2. The summed E-state index contributed by atoms with van der Waals surface area (Å²) in [7, 11) is 1.51. The number of aromatic nitrogens is 1. The van der Waals surface area contributed by atoms with Crippen LogP contribution in [0.25, 0.3) is 0 Å². The fraction of sp³-hybridized carbons (Fsp3) is 0.278. The molecule has 0 aliphatic heterocycles. The van der Waals surface area contributed by atoms with Crippen molar-refractivity contribution in [1.82, 2.24) is 9.88 Å². The van der Waals surface area contributed by atoms with Crippen molar-refractivity contribution in [2.45, 2.75) is 25.4 Å². The Bertz CT molecular complexity index is 772. The van der Waals surface area contributed by atoms with E-state index in [-0.39, 0.29) is 12.1 Å². The molecule has 1 saturated carbocycles. The molecular weight excluding hydrogens is 320 g/mol. The van der Waals surface area contributed by atoms with Crippen LogP contribution in [0, 0.1) is 0 Å². The van der Waals surface area contributed by atoms with Gasteiger partial charge in [-0.15, -0.1) is 0 Å². The number of pyridine rings is 1. The van der Waals surface area contributed by atoms with Crippen LogP contribution in [0.1, 0.15) is 28.8 Å². The summed E-state index contributed by atoms with van der Waals surface area (Å²) in [5.41, 5.74) is 7.17. The fourth-order valence-electron chi connectivity index (χ4n) is 2.56. The first-order valence-corrected chi connectivity index (χ1v) is 8.04. The summed E-state index contributed by atoms with van der Waals surface area (Å²) in [6.07, 6.45) is 3.57. The molecular formula is C18H20N4O3. The average molecular weight is 340 g/mol. The van der Waals surface area contributed by atoms with Crippen LogP contribution < -0.4 is 15.8 Å². The highest BCUT2D eigenvalue weighted by Gasteiger charge is 2.33. The molecule has 7 nitrogen and oxygen atoms in total. The number of nitrogens with one attached hydrogen (secondary N) is 1. The van der Waals surface area contributed by atoms with Crippen molar-refractivity contribution in [3.8, 4) is 5.88 Å². The molecule has 1 aliphatic rings. The lowest BCUT2D eigenvalue weighted by atomic mass is 10.1. The predicted octanol–water partition coefficient (Wildman–Crippen LogP) is 2.39. The number of methoxy groups -OCH3 is 1. The van der Waals surface area contributed by atoms with Crippen LogP contribution in [0.5, 0.6) is 5.88 Å². The van der Waals surface area contributed by atoms with Crippen molar-refractivity contribution in [3.05, 3.63) is 53.7 Å². The molecule has 3 rings (SSSR count). The van der Waals surface area contributed by atoms with E-state index >= 15 is 0 Å². The van der Waals surface area contributed by atoms with E-state index < -0.39 is 5.91 Å². The van der Waals surface area contributed by atoms with Crippen molar-refractivity contribution in [2.75, 3.05) is 12.4 Å². The quantitative estimate of drug-likeness (QED) is 0.843. The van der Waals surface area contributed by atoms with Crippen molar-refractivity contribution in [1.29, 1.82) is 0 Å². The zero-order valence-corrected chi connectivity index (χ0v) is 13.9. The Kier molecular flexibility index (Phi) is 4.83. The Hall–Kier alpha value is -3.09. The van der Waals surface area contributed by atoms with Crippen LogP contribution in [-0.4, -0.2) is 35.0 Å². The molecule has 1 fully saturated rings. The molecule has 130 valence electrons. The molecule has 0 spiro atoms. The number of primary amides is 1. The van der Waals surface area contributed by atoms with Crippen molar-refractivity contribution in [2.24, 2.45) is 5.73 Å². The summed E-state index contributed by atoms with van der Waals surface area (Å²) in [6, 6.07) is 10.5. The summed E-state index contributed by atoms with van der Waals surface area (Å²) >= 11 is 0. The van der Waals surface area contributed by atoms with Gasteiger partial charge in [-0.3, -0.25) is 4.79 Å². The van der Waals surface area contributed by atoms with Gasteiger partial charge in [0.2, 0.25) is 11.8 Å². The molecule has 0 saturated heterocycles. The van der Waals surface area contributed by atoms with Gasteiger partial charge in [-0.05, 0) is 42.7 Å². The number of hydrogen-bond acceptors (Lipinski definition) is 4.